The summed E-state index contributed by atoms with van der Waals surface area (Å²) >= 11 is 0. The normalized spacial score (nSPS) is 15.5. The Hall–Kier alpha value is -2.12. The Kier molecular flexibility index (Phi) is 3.92. The number of nitrogens with zero attached hydrogens (tertiary/aromatic N) is 1. The number of aryl methyl sites for hydroxylation is 1. The van der Waals surface area contributed by atoms with Crippen molar-refractivity contribution in [3.63, 3.8) is 0 Å². The molecule has 6 heteroatoms. The molecule has 0 spiro atoms. The molecule has 0 saturated heterocycles. The van der Waals surface area contributed by atoms with E-state index in [1.807, 2.05) is 36.4 Å². The molecule has 25 heavy (non-hydrogen) atoms. The van der Waals surface area contributed by atoms with Crippen molar-refractivity contribution in [1.82, 2.24) is 9.29 Å². The lowest BCUT2D eigenvalue weighted by molar-refractivity contribution is 0.469. The predicted molar refractivity (Wildman–Crippen MR) is 102 cm³/mol. The fourth-order valence-electron chi connectivity index (χ4n) is 2.99. The van der Waals surface area contributed by atoms with Gasteiger partial charge in [0.1, 0.15) is 0 Å². The van der Waals surface area contributed by atoms with Crippen molar-refractivity contribution in [2.24, 2.45) is 7.05 Å². The van der Waals surface area contributed by atoms with E-state index in [-0.39, 0.29) is 11.6 Å². The van der Waals surface area contributed by atoms with E-state index in [1.54, 1.807) is 29.9 Å². The van der Waals surface area contributed by atoms with Crippen LogP contribution in [0.1, 0.15) is 12.8 Å². The molecule has 1 saturated carbocycles. The first-order valence-corrected chi connectivity index (χ1v) is 9.75. The van der Waals surface area contributed by atoms with Gasteiger partial charge in [0.2, 0.25) is 0 Å². The Morgan fingerprint density at radius 3 is 2.52 bits per heavy atom. The summed E-state index contributed by atoms with van der Waals surface area (Å²) in [5.74, 6) is 0. The number of aromatic nitrogens is 1. The van der Waals surface area contributed by atoms with E-state index in [0.29, 0.717) is 10.3 Å². The molecule has 0 atom stereocenters. The molecular weight excluding hydrogens is 336 g/mol. The third-order valence-electron chi connectivity index (χ3n) is 4.47. The number of pyridine rings is 1. The van der Waals surface area contributed by atoms with Crippen molar-refractivity contribution < 1.29 is 9.11 Å². The molecule has 130 valence electrons. The first-order valence-electron chi connectivity index (χ1n) is 8.20. The minimum atomic E-state index is -3.02. The molecule has 4 rings (SSSR count). The van der Waals surface area contributed by atoms with Gasteiger partial charge < -0.3 is 4.57 Å². The third kappa shape index (κ3) is 3.09. The highest BCUT2D eigenvalue weighted by Crippen LogP contribution is 2.48. The van der Waals surface area contributed by atoms with Crippen LogP contribution in [0.15, 0.2) is 64.4 Å². The van der Waals surface area contributed by atoms with Crippen LogP contribution in [0.2, 0.25) is 0 Å². The molecule has 0 amide bonds. The Bertz CT molecular complexity index is 1010. The zero-order valence-corrected chi connectivity index (χ0v) is 14.7. The van der Waals surface area contributed by atoms with Gasteiger partial charge in [-0.2, -0.15) is 0 Å². The molecule has 1 aliphatic rings. The Balaban J connectivity index is 1.86. The standard InChI is InChI=1S/C19H20N2O3S/c1-21-12-18(16-7-2-3-8-17(16)19(21)22)13-5-4-6-15(11-13)25(23,24)20-14-9-10-14/h2-8,11-12,14,20,23-24H,9-10H2,1H3. The van der Waals surface area contributed by atoms with Gasteiger partial charge in [-0.05, 0) is 42.0 Å². The van der Waals surface area contributed by atoms with Crippen LogP contribution in [0.5, 0.6) is 0 Å². The van der Waals surface area contributed by atoms with Crippen LogP contribution in [-0.2, 0) is 7.05 Å². The number of rotatable bonds is 4. The van der Waals surface area contributed by atoms with Crippen molar-refractivity contribution >= 4 is 21.5 Å². The van der Waals surface area contributed by atoms with Gasteiger partial charge in [0.05, 0.1) is 4.90 Å². The van der Waals surface area contributed by atoms with Gasteiger partial charge in [-0.1, -0.05) is 30.3 Å². The first-order chi connectivity index (χ1) is 12.0. The average molecular weight is 356 g/mol. The van der Waals surface area contributed by atoms with E-state index in [9.17, 15) is 13.9 Å². The largest absolute Gasteiger partial charge is 0.317 e. The van der Waals surface area contributed by atoms with Crippen molar-refractivity contribution in [2.75, 3.05) is 0 Å². The van der Waals surface area contributed by atoms with Gasteiger partial charge in [-0.3, -0.25) is 13.9 Å². The minimum absolute atomic E-state index is 0.0461. The van der Waals surface area contributed by atoms with Crippen molar-refractivity contribution in [3.8, 4) is 11.1 Å². The van der Waals surface area contributed by atoms with Gasteiger partial charge in [0, 0.05) is 30.2 Å². The maximum atomic E-state index is 12.3. The highest BCUT2D eigenvalue weighted by Gasteiger charge is 2.28. The van der Waals surface area contributed by atoms with Crippen molar-refractivity contribution in [2.45, 2.75) is 23.8 Å². The summed E-state index contributed by atoms with van der Waals surface area (Å²) in [6, 6.07) is 14.9. The molecule has 1 fully saturated rings. The Labute approximate surface area is 147 Å². The Morgan fingerprint density at radius 1 is 1.08 bits per heavy atom. The molecular formula is C19H20N2O3S. The molecule has 0 bridgehead atoms. The average Bonchev–Trinajstić information content (AvgIpc) is 3.41. The molecule has 0 unspecified atom stereocenters. The van der Waals surface area contributed by atoms with Gasteiger partial charge in [-0.25, -0.2) is 4.72 Å². The van der Waals surface area contributed by atoms with E-state index < -0.39 is 10.8 Å². The van der Waals surface area contributed by atoms with Crippen LogP contribution in [-0.4, -0.2) is 19.7 Å². The summed E-state index contributed by atoms with van der Waals surface area (Å²) in [6.45, 7) is 0. The third-order valence-corrected chi connectivity index (χ3v) is 6.05. The van der Waals surface area contributed by atoms with Gasteiger partial charge >= 0.3 is 0 Å². The van der Waals surface area contributed by atoms with Crippen molar-refractivity contribution in [3.05, 3.63) is 65.1 Å². The summed E-state index contributed by atoms with van der Waals surface area (Å²) in [4.78, 5) is 12.8. The van der Waals surface area contributed by atoms with Crippen LogP contribution in [0.25, 0.3) is 21.9 Å². The van der Waals surface area contributed by atoms with Crippen LogP contribution in [0.4, 0.5) is 0 Å². The van der Waals surface area contributed by atoms with Crippen LogP contribution < -0.4 is 10.3 Å². The predicted octanol–water partition coefficient (Wildman–Crippen LogP) is 3.98. The second-order valence-corrected chi connectivity index (χ2v) is 8.28. The monoisotopic (exact) mass is 356 g/mol. The van der Waals surface area contributed by atoms with Gasteiger partial charge in [0.25, 0.3) is 5.56 Å². The first kappa shape index (κ1) is 16.4. The number of hydrogen-bond donors (Lipinski definition) is 3. The smallest absolute Gasteiger partial charge is 0.258 e. The zero-order chi connectivity index (χ0) is 17.6. The number of hydrogen-bond acceptors (Lipinski definition) is 4. The number of fused-ring (bicyclic) bond motifs is 1. The van der Waals surface area contributed by atoms with E-state index in [0.717, 1.165) is 29.4 Å². The van der Waals surface area contributed by atoms with E-state index in [1.165, 1.54) is 0 Å². The number of nitrogens with one attached hydrogen (secondary N) is 1. The van der Waals surface area contributed by atoms with E-state index in [2.05, 4.69) is 4.72 Å². The second-order valence-electron chi connectivity index (χ2n) is 6.47. The Morgan fingerprint density at radius 2 is 1.80 bits per heavy atom. The highest BCUT2D eigenvalue weighted by atomic mass is 32.3. The lowest BCUT2D eigenvalue weighted by Gasteiger charge is -2.33. The van der Waals surface area contributed by atoms with Crippen molar-refractivity contribution in [1.29, 1.82) is 0 Å². The molecule has 1 heterocycles. The maximum Gasteiger partial charge on any atom is 0.258 e. The summed E-state index contributed by atoms with van der Waals surface area (Å²) < 4.78 is 25.4. The van der Waals surface area contributed by atoms with Gasteiger partial charge in [-0.15, -0.1) is 10.8 Å². The van der Waals surface area contributed by atoms with E-state index >= 15 is 0 Å². The zero-order valence-electron chi connectivity index (χ0n) is 13.8. The van der Waals surface area contributed by atoms with Gasteiger partial charge in [0.15, 0.2) is 0 Å². The summed E-state index contributed by atoms with van der Waals surface area (Å²) in [5.41, 5.74) is 1.69. The summed E-state index contributed by atoms with van der Waals surface area (Å²) in [6.07, 6.45) is 3.74. The topological polar surface area (TPSA) is 74.5 Å². The molecule has 0 aliphatic heterocycles. The molecule has 2 aromatic carbocycles. The molecule has 5 nitrogen and oxygen atoms in total. The van der Waals surface area contributed by atoms with Crippen LogP contribution in [0.3, 0.4) is 0 Å². The summed E-state index contributed by atoms with van der Waals surface area (Å²) in [5, 5.41) is 1.50. The van der Waals surface area contributed by atoms with E-state index in [4.69, 9.17) is 0 Å². The summed E-state index contributed by atoms with van der Waals surface area (Å²) in [7, 11) is -1.29. The highest BCUT2D eigenvalue weighted by molar-refractivity contribution is 8.22. The SMILES string of the molecule is Cn1cc(-c2cccc(S(O)(O)NC3CC3)c2)c2ccccc2c1=O. The molecule has 1 aromatic heterocycles. The fraction of sp³-hybridized carbons (Fsp3) is 0.211. The molecule has 3 aromatic rings. The lowest BCUT2D eigenvalue weighted by atomic mass is 10.0. The van der Waals surface area contributed by atoms with Crippen LogP contribution >= 0.6 is 10.8 Å². The van der Waals surface area contributed by atoms with Crippen LogP contribution in [0, 0.1) is 0 Å². The lowest BCUT2D eigenvalue weighted by Crippen LogP contribution is -2.22. The molecule has 1 aliphatic carbocycles. The quantitative estimate of drug-likeness (QED) is 0.661. The maximum absolute atomic E-state index is 12.3. The molecule has 3 N–H and O–H groups in total. The second kappa shape index (κ2) is 6.00. The molecule has 0 radical (unpaired) electrons. The number of benzene rings is 2. The minimum Gasteiger partial charge on any atom is -0.317 e. The fourth-order valence-corrected chi connectivity index (χ4v) is 4.38.